The summed E-state index contributed by atoms with van der Waals surface area (Å²) in [4.78, 5) is 82.0. The Hall–Kier alpha value is -5.48. The van der Waals surface area contributed by atoms with Crippen molar-refractivity contribution >= 4 is 52.7 Å². The number of nitrogens with one attached hydrogen (secondary N) is 2. The summed E-state index contributed by atoms with van der Waals surface area (Å²) in [6.07, 6.45) is 4.31. The summed E-state index contributed by atoms with van der Waals surface area (Å²) in [7, 11) is 6.66. The number of rotatable bonds is 11. The molecule has 2 aliphatic rings. The van der Waals surface area contributed by atoms with E-state index in [-0.39, 0.29) is 50.4 Å². The van der Waals surface area contributed by atoms with Crippen molar-refractivity contribution in [3.05, 3.63) is 99.9 Å². The van der Waals surface area contributed by atoms with Crippen LogP contribution in [0.1, 0.15) is 76.4 Å². The standard InChI is InChI=1S/C50H64Cl2N8O7/c1-31-23-46(62)60(29-37-13-18-39(52)25-44(37)67-41-19-14-36(15-20-41)43-28-54-47(58(43)7)33(3)59-21-9-10-22-59)34(4)48(63)55-42(30-66-8)50(65)57(6)40(24-35-11-16-38(51)17-12-35)26-45(61)53-27-32(2)56(5)49(31)64/h11-20,25,28,31-34,40,42H,9-10,21-24,26-27,29-30H2,1-8H3,(H,53,61)(H,55,63)/t31-,32+,33?,34+,40+,42+/m1/s1. The minimum Gasteiger partial charge on any atom is -0.457 e. The molecule has 2 N–H and O–H groups in total. The monoisotopic (exact) mass is 958 g/mol. The van der Waals surface area contributed by atoms with Crippen LogP contribution in [0, 0.1) is 5.92 Å². The molecule has 5 amide bonds. The fourth-order valence-corrected chi connectivity index (χ4v) is 9.02. The molecule has 0 radical (unpaired) electrons. The first-order chi connectivity index (χ1) is 31.9. The van der Waals surface area contributed by atoms with Gasteiger partial charge in [-0.1, -0.05) is 48.3 Å². The Labute approximate surface area is 404 Å². The van der Waals surface area contributed by atoms with E-state index in [0.29, 0.717) is 33.5 Å². The molecule has 3 heterocycles. The molecule has 6 atom stereocenters. The molecule has 2 saturated heterocycles. The van der Waals surface area contributed by atoms with Crippen molar-refractivity contribution in [3.8, 4) is 22.8 Å². The highest BCUT2D eigenvalue weighted by Gasteiger charge is 2.36. The van der Waals surface area contributed by atoms with Crippen LogP contribution in [0.15, 0.2) is 72.9 Å². The molecule has 1 unspecified atom stereocenters. The largest absolute Gasteiger partial charge is 0.457 e. The normalized spacial score (nSPS) is 22.6. The maximum Gasteiger partial charge on any atom is 0.247 e. The van der Waals surface area contributed by atoms with E-state index in [1.165, 1.54) is 34.7 Å². The molecule has 15 nitrogen and oxygen atoms in total. The van der Waals surface area contributed by atoms with Crippen LogP contribution in [0.2, 0.25) is 10.0 Å². The quantitative estimate of drug-likeness (QED) is 0.168. The Kier molecular flexibility index (Phi) is 17.5. The van der Waals surface area contributed by atoms with Crippen LogP contribution >= 0.6 is 23.2 Å². The summed E-state index contributed by atoms with van der Waals surface area (Å²) in [5, 5.41) is 6.69. The van der Waals surface area contributed by atoms with Gasteiger partial charge in [0.25, 0.3) is 0 Å². The van der Waals surface area contributed by atoms with Crippen molar-refractivity contribution < 1.29 is 33.4 Å². The third kappa shape index (κ3) is 12.7. The van der Waals surface area contributed by atoms with Crippen LogP contribution in [-0.2, 0) is 48.7 Å². The van der Waals surface area contributed by atoms with E-state index in [4.69, 9.17) is 37.7 Å². The fraction of sp³-hybridized carbons (Fsp3) is 0.480. The molecule has 2 fully saturated rings. The van der Waals surface area contributed by atoms with Crippen LogP contribution in [0.5, 0.6) is 11.5 Å². The molecule has 4 aromatic rings. The highest BCUT2D eigenvalue weighted by atomic mass is 35.5. The molecule has 17 heteroatoms. The topological polar surface area (TPSA) is 159 Å². The minimum absolute atomic E-state index is 0.0584. The Bertz CT molecular complexity index is 2370. The van der Waals surface area contributed by atoms with Gasteiger partial charge in [0.1, 0.15) is 29.4 Å². The van der Waals surface area contributed by atoms with Gasteiger partial charge in [-0.25, -0.2) is 4.98 Å². The number of carbonyl (C=O) groups excluding carboxylic acids is 5. The van der Waals surface area contributed by atoms with Crippen molar-refractivity contribution in [2.24, 2.45) is 13.0 Å². The van der Waals surface area contributed by atoms with Gasteiger partial charge in [0.2, 0.25) is 29.5 Å². The number of likely N-dealkylation sites (tertiary alicyclic amines) is 1. The molecule has 360 valence electrons. The van der Waals surface area contributed by atoms with Gasteiger partial charge >= 0.3 is 0 Å². The second-order valence-electron chi connectivity index (χ2n) is 17.9. The van der Waals surface area contributed by atoms with Crippen LogP contribution in [0.3, 0.4) is 0 Å². The van der Waals surface area contributed by atoms with Crippen molar-refractivity contribution in [3.63, 3.8) is 0 Å². The highest BCUT2D eigenvalue weighted by molar-refractivity contribution is 6.31. The zero-order valence-corrected chi connectivity index (χ0v) is 41.3. The van der Waals surface area contributed by atoms with Gasteiger partial charge in [-0.2, -0.15) is 0 Å². The third-order valence-corrected chi connectivity index (χ3v) is 13.6. The van der Waals surface area contributed by atoms with Gasteiger partial charge < -0.3 is 39.4 Å². The Morgan fingerprint density at radius 1 is 0.836 bits per heavy atom. The number of hydrogen-bond acceptors (Lipinski definition) is 9. The number of aromatic nitrogens is 2. The minimum atomic E-state index is -1.17. The first-order valence-corrected chi connectivity index (χ1v) is 23.7. The lowest BCUT2D eigenvalue weighted by atomic mass is 10.0. The Morgan fingerprint density at radius 2 is 1.51 bits per heavy atom. The number of ether oxygens (including phenoxy) is 2. The molecular weight excluding hydrogens is 896 g/mol. The van der Waals surface area contributed by atoms with E-state index in [1.807, 2.05) is 49.6 Å². The summed E-state index contributed by atoms with van der Waals surface area (Å²) in [6, 6.07) is 16.7. The molecule has 67 heavy (non-hydrogen) atoms. The number of hydrogen-bond donors (Lipinski definition) is 2. The number of likely N-dealkylation sites (N-methyl/N-ethyl adjacent to an activating group) is 2. The number of imidazole rings is 1. The van der Waals surface area contributed by atoms with Crippen molar-refractivity contribution in [1.29, 1.82) is 0 Å². The molecular formula is C50H64Cl2N8O7. The third-order valence-electron chi connectivity index (χ3n) is 13.2. The van der Waals surface area contributed by atoms with E-state index >= 15 is 0 Å². The maximum absolute atomic E-state index is 14.5. The number of amides is 5. The van der Waals surface area contributed by atoms with Crippen LogP contribution < -0.4 is 15.4 Å². The number of benzene rings is 3. The van der Waals surface area contributed by atoms with Crippen molar-refractivity contribution in [1.82, 2.24) is 39.8 Å². The fourth-order valence-electron chi connectivity index (χ4n) is 8.73. The van der Waals surface area contributed by atoms with Crippen molar-refractivity contribution in [2.45, 2.75) is 96.6 Å². The van der Waals surface area contributed by atoms with Gasteiger partial charge in [-0.05, 0) is 107 Å². The lowest BCUT2D eigenvalue weighted by Gasteiger charge is -2.34. The van der Waals surface area contributed by atoms with Gasteiger partial charge in [-0.3, -0.25) is 28.9 Å². The summed E-state index contributed by atoms with van der Waals surface area (Å²) in [5.74, 6) is -1.12. The maximum atomic E-state index is 14.5. The molecule has 6 rings (SSSR count). The van der Waals surface area contributed by atoms with E-state index in [0.717, 1.165) is 35.7 Å². The Balaban J connectivity index is 1.28. The lowest BCUT2D eigenvalue weighted by Crippen LogP contribution is -2.57. The smallest absolute Gasteiger partial charge is 0.247 e. The second-order valence-corrected chi connectivity index (χ2v) is 18.8. The number of methoxy groups -OCH3 is 1. The zero-order chi connectivity index (χ0) is 48.5. The predicted octanol–water partition coefficient (Wildman–Crippen LogP) is 6.65. The molecule has 3 aromatic carbocycles. The first kappa shape index (κ1) is 50.9. The number of halogens is 2. The Morgan fingerprint density at radius 3 is 2.18 bits per heavy atom. The van der Waals surface area contributed by atoms with Crippen LogP contribution in [0.4, 0.5) is 0 Å². The van der Waals surface area contributed by atoms with E-state index in [1.54, 1.807) is 65.2 Å². The van der Waals surface area contributed by atoms with Crippen LogP contribution in [0.25, 0.3) is 11.3 Å². The lowest BCUT2D eigenvalue weighted by molar-refractivity contribution is -0.146. The van der Waals surface area contributed by atoms with Crippen LogP contribution in [-0.4, -0.2) is 130 Å². The SMILES string of the molecule is COC[C@@H]1NC(=O)[C@H](C)N(Cc2ccc(Cl)cc2Oc2ccc(-c3cnc(C(C)N4CCCC4)n3C)cc2)C(=O)C[C@@H](C)C(=O)N(C)[C@@H](C)CNC(=O)C[C@H](Cc2ccc(Cl)cc2)N(C)C1=O. The predicted molar refractivity (Wildman–Crippen MR) is 259 cm³/mol. The van der Waals surface area contributed by atoms with Gasteiger partial charge in [-0.15, -0.1) is 0 Å². The molecule has 0 aliphatic carbocycles. The van der Waals surface area contributed by atoms with E-state index in [9.17, 15) is 24.0 Å². The average molecular weight is 960 g/mol. The van der Waals surface area contributed by atoms with Gasteiger partial charge in [0.15, 0.2) is 0 Å². The van der Waals surface area contributed by atoms with Crippen molar-refractivity contribution in [2.75, 3.05) is 47.4 Å². The van der Waals surface area contributed by atoms with E-state index in [2.05, 4.69) is 27.0 Å². The second kappa shape index (κ2) is 23.0. The molecule has 0 bridgehead atoms. The summed E-state index contributed by atoms with van der Waals surface area (Å²) in [6.45, 7) is 9.23. The molecule has 0 saturated carbocycles. The van der Waals surface area contributed by atoms with E-state index < -0.39 is 47.8 Å². The first-order valence-electron chi connectivity index (χ1n) is 22.9. The average Bonchev–Trinajstić information content (AvgIpc) is 4.00. The highest BCUT2D eigenvalue weighted by Crippen LogP contribution is 2.33. The molecule has 0 spiro atoms. The summed E-state index contributed by atoms with van der Waals surface area (Å²) < 4.78 is 14.0. The number of carbonyl (C=O) groups is 5. The molecule has 1 aromatic heterocycles. The summed E-state index contributed by atoms with van der Waals surface area (Å²) >= 11 is 12.7. The summed E-state index contributed by atoms with van der Waals surface area (Å²) in [5.41, 5.74) is 3.32. The molecule has 2 aliphatic heterocycles. The van der Waals surface area contributed by atoms with Gasteiger partial charge in [0, 0.05) is 86.8 Å². The van der Waals surface area contributed by atoms with Gasteiger partial charge in [0.05, 0.1) is 31.1 Å². The number of nitrogens with zero attached hydrogens (tertiary/aromatic N) is 6. The zero-order valence-electron chi connectivity index (χ0n) is 39.8.